The van der Waals surface area contributed by atoms with E-state index in [4.69, 9.17) is 16.3 Å². The van der Waals surface area contributed by atoms with Crippen molar-refractivity contribution in [1.82, 2.24) is 4.90 Å². The van der Waals surface area contributed by atoms with E-state index < -0.39 is 0 Å². The van der Waals surface area contributed by atoms with Crippen LogP contribution in [0.2, 0.25) is 5.02 Å². The molecule has 2 rings (SSSR count). The third kappa shape index (κ3) is 4.74. The lowest BCUT2D eigenvalue weighted by Gasteiger charge is -2.18. The lowest BCUT2D eigenvalue weighted by Crippen LogP contribution is -2.32. The molecular formula is C17H17ClFNO2. The number of amides is 1. The van der Waals surface area contributed by atoms with Gasteiger partial charge >= 0.3 is 0 Å². The van der Waals surface area contributed by atoms with Crippen LogP contribution in [0.4, 0.5) is 4.39 Å². The number of likely N-dealkylation sites (N-methyl/N-ethyl adjacent to an activating group) is 1. The van der Waals surface area contributed by atoms with Crippen molar-refractivity contribution in [2.24, 2.45) is 0 Å². The van der Waals surface area contributed by atoms with E-state index in [-0.39, 0.29) is 18.1 Å². The monoisotopic (exact) mass is 321 g/mol. The maximum atomic E-state index is 12.8. The zero-order chi connectivity index (χ0) is 15.9. The molecule has 22 heavy (non-hydrogen) atoms. The zero-order valence-electron chi connectivity index (χ0n) is 12.3. The number of hydrogen-bond donors (Lipinski definition) is 0. The van der Waals surface area contributed by atoms with Gasteiger partial charge in [0.15, 0.2) is 0 Å². The Hall–Kier alpha value is -2.07. The number of rotatable bonds is 6. The summed E-state index contributed by atoms with van der Waals surface area (Å²) in [5.74, 6) is 0.239. The Bertz CT molecular complexity index is 631. The first-order valence-corrected chi connectivity index (χ1v) is 7.30. The molecule has 0 spiro atoms. The molecule has 0 heterocycles. The maximum Gasteiger partial charge on any atom is 0.226 e. The first-order valence-electron chi connectivity index (χ1n) is 6.92. The second-order valence-corrected chi connectivity index (χ2v) is 5.29. The molecule has 0 aliphatic carbocycles. The predicted molar refractivity (Wildman–Crippen MR) is 84.7 cm³/mol. The Balaban J connectivity index is 1.79. The maximum absolute atomic E-state index is 12.8. The minimum absolute atomic E-state index is 0.0317. The molecule has 1 amide bonds. The van der Waals surface area contributed by atoms with Crippen molar-refractivity contribution < 1.29 is 13.9 Å². The van der Waals surface area contributed by atoms with E-state index in [1.165, 1.54) is 12.1 Å². The standard InChI is InChI=1S/C17H17ClFNO2/c1-20(10-11-22-15-8-6-14(19)7-9-15)17(21)12-13-4-2-3-5-16(13)18/h2-9H,10-12H2,1H3. The van der Waals surface area contributed by atoms with Crippen molar-refractivity contribution >= 4 is 17.5 Å². The molecule has 0 aromatic heterocycles. The molecule has 0 bridgehead atoms. The largest absolute Gasteiger partial charge is 0.492 e. The van der Waals surface area contributed by atoms with Crippen LogP contribution in [0.3, 0.4) is 0 Å². The number of ether oxygens (including phenoxy) is 1. The summed E-state index contributed by atoms with van der Waals surface area (Å²) in [4.78, 5) is 13.7. The first-order chi connectivity index (χ1) is 10.6. The molecular weight excluding hydrogens is 305 g/mol. The lowest BCUT2D eigenvalue weighted by molar-refractivity contribution is -0.129. The van der Waals surface area contributed by atoms with Gasteiger partial charge < -0.3 is 9.64 Å². The number of carbonyl (C=O) groups is 1. The predicted octanol–water partition coefficient (Wildman–Crippen LogP) is 3.56. The molecule has 0 saturated heterocycles. The normalized spacial score (nSPS) is 10.3. The Morgan fingerprint density at radius 1 is 1.18 bits per heavy atom. The van der Waals surface area contributed by atoms with E-state index in [0.29, 0.717) is 23.9 Å². The summed E-state index contributed by atoms with van der Waals surface area (Å²) in [5, 5.41) is 0.590. The fourth-order valence-corrected chi connectivity index (χ4v) is 2.10. The Labute approximate surface area is 134 Å². The van der Waals surface area contributed by atoms with Crippen molar-refractivity contribution in [1.29, 1.82) is 0 Å². The van der Waals surface area contributed by atoms with Crippen molar-refractivity contribution in [3.63, 3.8) is 0 Å². The number of halogens is 2. The van der Waals surface area contributed by atoms with Crippen LogP contribution < -0.4 is 4.74 Å². The third-order valence-electron chi connectivity index (χ3n) is 3.23. The van der Waals surface area contributed by atoms with Crippen molar-refractivity contribution in [3.8, 4) is 5.75 Å². The van der Waals surface area contributed by atoms with Crippen molar-refractivity contribution in [3.05, 3.63) is 64.9 Å². The van der Waals surface area contributed by atoms with Gasteiger partial charge in [0.05, 0.1) is 13.0 Å². The van der Waals surface area contributed by atoms with Gasteiger partial charge in [0.1, 0.15) is 18.2 Å². The fourth-order valence-electron chi connectivity index (χ4n) is 1.90. The Morgan fingerprint density at radius 2 is 1.86 bits per heavy atom. The minimum Gasteiger partial charge on any atom is -0.492 e. The molecule has 0 fully saturated rings. The van der Waals surface area contributed by atoms with Crippen LogP contribution in [-0.2, 0) is 11.2 Å². The van der Waals surface area contributed by atoms with Crippen LogP contribution in [0.25, 0.3) is 0 Å². The summed E-state index contributed by atoms with van der Waals surface area (Å²) in [5.41, 5.74) is 0.806. The molecule has 0 atom stereocenters. The van der Waals surface area contributed by atoms with Crippen LogP contribution >= 0.6 is 11.6 Å². The summed E-state index contributed by atoms with van der Waals surface area (Å²) in [6.45, 7) is 0.789. The highest BCUT2D eigenvalue weighted by Gasteiger charge is 2.11. The summed E-state index contributed by atoms with van der Waals surface area (Å²) in [6, 6.07) is 13.1. The molecule has 0 aliphatic heterocycles. The van der Waals surface area contributed by atoms with E-state index in [0.717, 1.165) is 5.56 Å². The highest BCUT2D eigenvalue weighted by Crippen LogP contribution is 2.16. The van der Waals surface area contributed by atoms with Crippen LogP contribution in [0.15, 0.2) is 48.5 Å². The van der Waals surface area contributed by atoms with Gasteiger partial charge in [-0.15, -0.1) is 0 Å². The number of benzene rings is 2. The van der Waals surface area contributed by atoms with E-state index in [1.54, 1.807) is 30.1 Å². The highest BCUT2D eigenvalue weighted by molar-refractivity contribution is 6.31. The van der Waals surface area contributed by atoms with Crippen LogP contribution in [0.5, 0.6) is 5.75 Å². The van der Waals surface area contributed by atoms with E-state index in [2.05, 4.69) is 0 Å². The average Bonchev–Trinajstić information content (AvgIpc) is 2.51. The van der Waals surface area contributed by atoms with Crippen molar-refractivity contribution in [2.75, 3.05) is 20.2 Å². The van der Waals surface area contributed by atoms with Gasteiger partial charge in [-0.2, -0.15) is 0 Å². The second kappa shape index (κ2) is 7.80. The van der Waals surface area contributed by atoms with Crippen LogP contribution in [-0.4, -0.2) is 31.0 Å². The molecule has 3 nitrogen and oxygen atoms in total. The van der Waals surface area contributed by atoms with Gasteiger partial charge in [0.25, 0.3) is 0 Å². The SMILES string of the molecule is CN(CCOc1ccc(F)cc1)C(=O)Cc1ccccc1Cl. The first kappa shape index (κ1) is 16.3. The molecule has 2 aromatic carbocycles. The molecule has 0 aliphatic rings. The number of hydrogen-bond acceptors (Lipinski definition) is 2. The Morgan fingerprint density at radius 3 is 2.55 bits per heavy atom. The van der Waals surface area contributed by atoms with E-state index >= 15 is 0 Å². The zero-order valence-corrected chi connectivity index (χ0v) is 13.0. The molecule has 0 N–H and O–H groups in total. The molecule has 5 heteroatoms. The summed E-state index contributed by atoms with van der Waals surface area (Å²) in [7, 11) is 1.72. The number of nitrogens with zero attached hydrogens (tertiary/aromatic N) is 1. The Kier molecular flexibility index (Phi) is 5.78. The molecule has 2 aromatic rings. The fraction of sp³-hybridized carbons (Fsp3) is 0.235. The minimum atomic E-state index is -0.306. The molecule has 116 valence electrons. The molecule has 0 unspecified atom stereocenters. The second-order valence-electron chi connectivity index (χ2n) is 4.89. The topological polar surface area (TPSA) is 29.5 Å². The highest BCUT2D eigenvalue weighted by atomic mass is 35.5. The van der Waals surface area contributed by atoms with Gasteiger partial charge in [0, 0.05) is 12.1 Å². The van der Waals surface area contributed by atoms with Gasteiger partial charge in [-0.3, -0.25) is 4.79 Å². The lowest BCUT2D eigenvalue weighted by atomic mass is 10.1. The van der Waals surface area contributed by atoms with Gasteiger partial charge in [0.2, 0.25) is 5.91 Å². The van der Waals surface area contributed by atoms with Gasteiger partial charge in [-0.05, 0) is 35.9 Å². The summed E-state index contributed by atoms with van der Waals surface area (Å²) in [6.07, 6.45) is 0.257. The van der Waals surface area contributed by atoms with Gasteiger partial charge in [-0.1, -0.05) is 29.8 Å². The van der Waals surface area contributed by atoms with E-state index in [1.807, 2.05) is 18.2 Å². The van der Waals surface area contributed by atoms with Gasteiger partial charge in [-0.25, -0.2) is 4.39 Å². The number of carbonyl (C=O) groups excluding carboxylic acids is 1. The smallest absolute Gasteiger partial charge is 0.226 e. The summed E-state index contributed by atoms with van der Waals surface area (Å²) < 4.78 is 18.2. The summed E-state index contributed by atoms with van der Waals surface area (Å²) >= 11 is 6.04. The third-order valence-corrected chi connectivity index (χ3v) is 3.60. The average molecular weight is 322 g/mol. The van der Waals surface area contributed by atoms with Crippen LogP contribution in [0.1, 0.15) is 5.56 Å². The quantitative estimate of drug-likeness (QED) is 0.814. The molecule has 0 radical (unpaired) electrons. The molecule has 0 saturated carbocycles. The van der Waals surface area contributed by atoms with Crippen molar-refractivity contribution in [2.45, 2.75) is 6.42 Å². The van der Waals surface area contributed by atoms with Crippen LogP contribution in [0, 0.1) is 5.82 Å². The van der Waals surface area contributed by atoms with E-state index in [9.17, 15) is 9.18 Å².